The number of pyridine rings is 1. The molecule has 162 valence electrons. The molecule has 1 amide bonds. The number of amides is 1. The Morgan fingerprint density at radius 1 is 1.19 bits per heavy atom. The Bertz CT molecular complexity index is 1280. The summed E-state index contributed by atoms with van der Waals surface area (Å²) in [7, 11) is 1.86. The van der Waals surface area contributed by atoms with E-state index in [0.717, 1.165) is 24.0 Å². The summed E-state index contributed by atoms with van der Waals surface area (Å²) in [6, 6.07) is 11.3. The first-order valence-electron chi connectivity index (χ1n) is 10.5. The van der Waals surface area contributed by atoms with Gasteiger partial charge in [-0.25, -0.2) is 4.98 Å². The number of carbonyl (C=O) groups excluding carboxylic acids is 1. The molecular formula is C23H23N7O2. The van der Waals surface area contributed by atoms with Crippen molar-refractivity contribution in [2.45, 2.75) is 25.8 Å². The highest BCUT2D eigenvalue weighted by atomic mass is 16.5. The monoisotopic (exact) mass is 429 g/mol. The van der Waals surface area contributed by atoms with Crippen LogP contribution < -0.4 is 10.1 Å². The molecule has 0 radical (unpaired) electrons. The van der Waals surface area contributed by atoms with E-state index in [1.165, 1.54) is 0 Å². The lowest BCUT2D eigenvalue weighted by atomic mass is 10.0. The number of benzene rings is 1. The van der Waals surface area contributed by atoms with Crippen LogP contribution in [0, 0.1) is 0 Å². The Kier molecular flexibility index (Phi) is 5.14. The molecule has 4 heterocycles. The van der Waals surface area contributed by atoms with E-state index in [-0.39, 0.29) is 11.9 Å². The highest BCUT2D eigenvalue weighted by Crippen LogP contribution is 2.29. The van der Waals surface area contributed by atoms with Gasteiger partial charge >= 0.3 is 0 Å². The van der Waals surface area contributed by atoms with Crippen molar-refractivity contribution in [3.8, 4) is 28.4 Å². The SMILES string of the molecule is C[C@H]1CCCOc2ccc(-c3cnn(C)c3)cc2C(=O)Nc2cccc(n2)-c2nncn21. The second kappa shape index (κ2) is 8.26. The fourth-order valence-electron chi connectivity index (χ4n) is 3.84. The lowest BCUT2D eigenvalue weighted by Crippen LogP contribution is -2.16. The van der Waals surface area contributed by atoms with Gasteiger partial charge < -0.3 is 14.6 Å². The van der Waals surface area contributed by atoms with Crippen LogP contribution in [0.3, 0.4) is 0 Å². The maximum absolute atomic E-state index is 13.2. The largest absolute Gasteiger partial charge is 0.493 e. The van der Waals surface area contributed by atoms with Crippen molar-refractivity contribution >= 4 is 11.7 Å². The minimum absolute atomic E-state index is 0.180. The van der Waals surface area contributed by atoms with Gasteiger partial charge in [0.1, 0.15) is 23.6 Å². The first-order chi connectivity index (χ1) is 15.6. The van der Waals surface area contributed by atoms with Gasteiger partial charge in [0.15, 0.2) is 5.82 Å². The van der Waals surface area contributed by atoms with Crippen molar-refractivity contribution in [3.63, 3.8) is 0 Å². The number of aromatic nitrogens is 6. The maximum Gasteiger partial charge on any atom is 0.260 e. The van der Waals surface area contributed by atoms with Crippen LogP contribution in [0.4, 0.5) is 5.82 Å². The summed E-state index contributed by atoms with van der Waals surface area (Å²) in [5, 5.41) is 15.5. The van der Waals surface area contributed by atoms with Crippen molar-refractivity contribution in [1.29, 1.82) is 0 Å². The van der Waals surface area contributed by atoms with Crippen molar-refractivity contribution < 1.29 is 9.53 Å². The Morgan fingerprint density at radius 2 is 2.09 bits per heavy atom. The predicted octanol–water partition coefficient (Wildman–Crippen LogP) is 3.73. The number of rotatable bonds is 1. The lowest BCUT2D eigenvalue weighted by molar-refractivity contribution is 0.102. The molecule has 32 heavy (non-hydrogen) atoms. The number of hydrogen-bond acceptors (Lipinski definition) is 6. The summed E-state index contributed by atoms with van der Waals surface area (Å²) in [4.78, 5) is 17.8. The summed E-state index contributed by atoms with van der Waals surface area (Å²) in [6.45, 7) is 2.62. The van der Waals surface area contributed by atoms with E-state index in [9.17, 15) is 4.79 Å². The maximum atomic E-state index is 13.2. The second-order valence-corrected chi connectivity index (χ2v) is 7.88. The quantitative estimate of drug-likeness (QED) is 0.495. The topological polar surface area (TPSA) is 99.8 Å². The van der Waals surface area contributed by atoms with Gasteiger partial charge in [-0.1, -0.05) is 12.1 Å². The zero-order chi connectivity index (χ0) is 22.1. The van der Waals surface area contributed by atoms with Gasteiger partial charge in [-0.2, -0.15) is 5.10 Å². The molecule has 2 bridgehead atoms. The molecule has 0 aliphatic carbocycles. The first kappa shape index (κ1) is 19.9. The molecule has 1 N–H and O–H groups in total. The minimum atomic E-state index is -0.290. The molecule has 1 aliphatic rings. The Morgan fingerprint density at radius 3 is 2.94 bits per heavy atom. The van der Waals surface area contributed by atoms with Crippen molar-refractivity contribution in [2.24, 2.45) is 7.05 Å². The molecule has 0 saturated heterocycles. The van der Waals surface area contributed by atoms with Gasteiger partial charge in [0, 0.05) is 24.8 Å². The van der Waals surface area contributed by atoms with Gasteiger partial charge in [-0.3, -0.25) is 9.48 Å². The van der Waals surface area contributed by atoms with Crippen molar-refractivity contribution in [3.05, 3.63) is 60.7 Å². The lowest BCUT2D eigenvalue weighted by Gasteiger charge is -2.18. The van der Waals surface area contributed by atoms with Gasteiger partial charge in [0.25, 0.3) is 5.91 Å². The number of ether oxygens (including phenoxy) is 1. The van der Waals surface area contributed by atoms with E-state index < -0.39 is 0 Å². The van der Waals surface area contributed by atoms with Crippen LogP contribution >= 0.6 is 0 Å². The Labute approximate surface area is 185 Å². The number of carbonyl (C=O) groups is 1. The van der Waals surface area contributed by atoms with Crippen LogP contribution in [0.5, 0.6) is 5.75 Å². The Balaban J connectivity index is 1.55. The zero-order valence-electron chi connectivity index (χ0n) is 17.9. The van der Waals surface area contributed by atoms with E-state index in [4.69, 9.17) is 4.74 Å². The number of fused-ring (bicyclic) bond motifs is 5. The fourth-order valence-corrected chi connectivity index (χ4v) is 3.84. The van der Waals surface area contributed by atoms with Gasteiger partial charge in [-0.05, 0) is 49.6 Å². The summed E-state index contributed by atoms with van der Waals surface area (Å²) in [6.07, 6.45) is 7.09. The molecule has 9 nitrogen and oxygen atoms in total. The van der Waals surface area contributed by atoms with Crippen molar-refractivity contribution in [1.82, 2.24) is 29.5 Å². The van der Waals surface area contributed by atoms with E-state index in [2.05, 4.69) is 32.5 Å². The van der Waals surface area contributed by atoms with E-state index in [1.807, 2.05) is 48.1 Å². The molecule has 0 fully saturated rings. The molecule has 9 heteroatoms. The van der Waals surface area contributed by atoms with Gasteiger partial charge in [0.2, 0.25) is 0 Å². The number of nitrogens with one attached hydrogen (secondary N) is 1. The average molecular weight is 429 g/mol. The second-order valence-electron chi connectivity index (χ2n) is 7.88. The van der Waals surface area contributed by atoms with Crippen LogP contribution in [0.2, 0.25) is 0 Å². The molecule has 0 unspecified atom stereocenters. The molecule has 5 rings (SSSR count). The minimum Gasteiger partial charge on any atom is -0.493 e. The molecule has 1 aliphatic heterocycles. The Hall–Kier alpha value is -4.01. The molecular weight excluding hydrogens is 406 g/mol. The molecule has 1 aromatic carbocycles. The standard InChI is InChI=1S/C23H23N7O2/c1-15-5-4-10-32-20-9-8-16(17-12-25-29(2)13-17)11-18(20)23(31)27-21-7-3-6-19(26-21)22-28-24-14-30(15)22/h3,6-9,11-15H,4-5,10H2,1-2H3,(H,26,27,31)/t15-/m0/s1. The van der Waals surface area contributed by atoms with E-state index in [1.54, 1.807) is 23.3 Å². The van der Waals surface area contributed by atoms with E-state index in [0.29, 0.717) is 35.3 Å². The fraction of sp³-hybridized carbons (Fsp3) is 0.261. The molecule has 3 aromatic heterocycles. The summed E-state index contributed by atoms with van der Waals surface area (Å²) in [5.74, 6) is 1.36. The van der Waals surface area contributed by atoms with Crippen LogP contribution in [-0.2, 0) is 7.05 Å². The highest BCUT2D eigenvalue weighted by molar-refractivity contribution is 6.06. The predicted molar refractivity (Wildman–Crippen MR) is 119 cm³/mol. The number of hydrogen-bond donors (Lipinski definition) is 1. The normalized spacial score (nSPS) is 16.3. The third-order valence-corrected chi connectivity index (χ3v) is 5.55. The van der Waals surface area contributed by atoms with Gasteiger partial charge in [-0.15, -0.1) is 10.2 Å². The molecule has 0 spiro atoms. The van der Waals surface area contributed by atoms with Crippen LogP contribution in [0.1, 0.15) is 36.2 Å². The molecule has 1 atom stereocenters. The third kappa shape index (κ3) is 3.84. The van der Waals surface area contributed by atoms with E-state index >= 15 is 0 Å². The summed E-state index contributed by atoms with van der Waals surface area (Å²) in [5.41, 5.74) is 2.92. The summed E-state index contributed by atoms with van der Waals surface area (Å²) >= 11 is 0. The molecule has 0 saturated carbocycles. The first-order valence-corrected chi connectivity index (χ1v) is 10.5. The average Bonchev–Trinajstić information content (AvgIpc) is 3.45. The highest BCUT2D eigenvalue weighted by Gasteiger charge is 2.19. The summed E-state index contributed by atoms with van der Waals surface area (Å²) < 4.78 is 9.77. The zero-order valence-corrected chi connectivity index (χ0v) is 17.9. The molecule has 4 aromatic rings. The smallest absolute Gasteiger partial charge is 0.260 e. The third-order valence-electron chi connectivity index (χ3n) is 5.55. The van der Waals surface area contributed by atoms with Crippen LogP contribution in [-0.4, -0.2) is 42.0 Å². The van der Waals surface area contributed by atoms with Crippen LogP contribution in [0.15, 0.2) is 55.1 Å². The van der Waals surface area contributed by atoms with Crippen LogP contribution in [0.25, 0.3) is 22.6 Å². The van der Waals surface area contributed by atoms with Crippen molar-refractivity contribution in [2.75, 3.05) is 11.9 Å². The number of nitrogens with zero attached hydrogens (tertiary/aromatic N) is 6. The number of anilines is 1. The van der Waals surface area contributed by atoms with Gasteiger partial charge in [0.05, 0.1) is 18.4 Å². The number of aryl methyl sites for hydroxylation is 1.